The first-order valence-electron chi connectivity index (χ1n) is 9.17. The molecule has 1 aliphatic rings. The summed E-state index contributed by atoms with van der Waals surface area (Å²) in [5, 5.41) is 11.0. The summed E-state index contributed by atoms with van der Waals surface area (Å²) in [5.74, 6) is 0.933. The number of hydrogen-bond donors (Lipinski definition) is 2. The van der Waals surface area contributed by atoms with Crippen molar-refractivity contribution in [2.75, 3.05) is 18.4 Å². The van der Waals surface area contributed by atoms with E-state index in [1.54, 1.807) is 16.6 Å². The van der Waals surface area contributed by atoms with Crippen molar-refractivity contribution in [1.82, 2.24) is 19.9 Å². The number of anilines is 1. The lowest BCUT2D eigenvalue weighted by Crippen LogP contribution is -2.30. The van der Waals surface area contributed by atoms with Crippen LogP contribution in [0.15, 0.2) is 30.3 Å². The van der Waals surface area contributed by atoms with Crippen molar-refractivity contribution in [3.05, 3.63) is 47.4 Å². The van der Waals surface area contributed by atoms with Gasteiger partial charge in [-0.3, -0.25) is 4.79 Å². The van der Waals surface area contributed by atoms with E-state index in [-0.39, 0.29) is 17.6 Å². The summed E-state index contributed by atoms with van der Waals surface area (Å²) in [6, 6.07) is 8.14. The molecule has 6 nitrogen and oxygen atoms in total. The standard InChI is InChI=1S/C20H22FN5O/c1-12-13(2)24-18-11-17(14-5-7-16(21)8-6-14)25-26(18)19(12)22-9-10-23-20(27)15-3-4-15/h5-8,11,15,22H,3-4,9-10H2,1-2H3,(H,23,27). The summed E-state index contributed by atoms with van der Waals surface area (Å²) >= 11 is 0. The van der Waals surface area contributed by atoms with Crippen LogP contribution in [0.5, 0.6) is 0 Å². The number of benzene rings is 1. The Hall–Kier alpha value is -2.96. The topological polar surface area (TPSA) is 71.3 Å². The molecule has 1 fully saturated rings. The second-order valence-corrected chi connectivity index (χ2v) is 6.97. The molecule has 0 spiro atoms. The molecule has 2 N–H and O–H groups in total. The van der Waals surface area contributed by atoms with Gasteiger partial charge in [-0.1, -0.05) is 0 Å². The second-order valence-electron chi connectivity index (χ2n) is 6.97. The van der Waals surface area contributed by atoms with E-state index < -0.39 is 0 Å². The maximum atomic E-state index is 13.2. The van der Waals surface area contributed by atoms with E-state index in [1.807, 2.05) is 19.9 Å². The number of hydrogen-bond acceptors (Lipinski definition) is 4. The number of aromatic nitrogens is 3. The van der Waals surface area contributed by atoms with Gasteiger partial charge in [0.2, 0.25) is 5.91 Å². The van der Waals surface area contributed by atoms with E-state index in [9.17, 15) is 9.18 Å². The van der Waals surface area contributed by atoms with Crippen LogP contribution in [0.1, 0.15) is 24.1 Å². The van der Waals surface area contributed by atoms with Gasteiger partial charge in [0.05, 0.1) is 5.69 Å². The third kappa shape index (κ3) is 3.63. The molecule has 0 bridgehead atoms. The fourth-order valence-electron chi connectivity index (χ4n) is 3.03. The van der Waals surface area contributed by atoms with Crippen LogP contribution in [0.2, 0.25) is 0 Å². The zero-order valence-electron chi connectivity index (χ0n) is 15.4. The number of aryl methyl sites for hydroxylation is 1. The first kappa shape index (κ1) is 17.5. The van der Waals surface area contributed by atoms with E-state index in [1.165, 1.54) is 12.1 Å². The molecule has 0 radical (unpaired) electrons. The monoisotopic (exact) mass is 367 g/mol. The van der Waals surface area contributed by atoms with E-state index >= 15 is 0 Å². The molecule has 0 saturated heterocycles. The first-order chi connectivity index (χ1) is 13.0. The number of rotatable bonds is 6. The molecular weight excluding hydrogens is 345 g/mol. The summed E-state index contributed by atoms with van der Waals surface area (Å²) in [4.78, 5) is 16.3. The van der Waals surface area contributed by atoms with Gasteiger partial charge in [0.1, 0.15) is 11.6 Å². The Kier molecular flexibility index (Phi) is 4.51. The van der Waals surface area contributed by atoms with Crippen molar-refractivity contribution < 1.29 is 9.18 Å². The number of fused-ring (bicyclic) bond motifs is 1. The highest BCUT2D eigenvalue weighted by atomic mass is 19.1. The minimum atomic E-state index is -0.275. The molecule has 140 valence electrons. The molecule has 2 aromatic heterocycles. The van der Waals surface area contributed by atoms with E-state index in [4.69, 9.17) is 0 Å². The molecule has 3 aromatic rings. The molecule has 1 aliphatic carbocycles. The van der Waals surface area contributed by atoms with Gasteiger partial charge in [-0.05, 0) is 51.0 Å². The zero-order valence-corrected chi connectivity index (χ0v) is 15.4. The highest BCUT2D eigenvalue weighted by Gasteiger charge is 2.29. The van der Waals surface area contributed by atoms with Crippen molar-refractivity contribution in [3.8, 4) is 11.3 Å². The first-order valence-corrected chi connectivity index (χ1v) is 9.17. The third-order valence-electron chi connectivity index (χ3n) is 4.89. The lowest BCUT2D eigenvalue weighted by atomic mass is 10.1. The molecular formula is C20H22FN5O. The Morgan fingerprint density at radius 2 is 1.96 bits per heavy atom. The van der Waals surface area contributed by atoms with Crippen LogP contribution < -0.4 is 10.6 Å². The molecule has 1 amide bonds. The van der Waals surface area contributed by atoms with Crippen LogP contribution in [0.25, 0.3) is 16.9 Å². The van der Waals surface area contributed by atoms with Crippen LogP contribution in [0.3, 0.4) is 0 Å². The van der Waals surface area contributed by atoms with Crippen LogP contribution in [0.4, 0.5) is 10.2 Å². The zero-order chi connectivity index (χ0) is 19.0. The molecule has 0 aliphatic heterocycles. The largest absolute Gasteiger partial charge is 0.368 e. The Balaban J connectivity index is 1.57. The Bertz CT molecular complexity index is 992. The number of nitrogens with one attached hydrogen (secondary N) is 2. The van der Waals surface area contributed by atoms with Crippen molar-refractivity contribution >= 4 is 17.4 Å². The van der Waals surface area contributed by atoms with Gasteiger partial charge >= 0.3 is 0 Å². The quantitative estimate of drug-likeness (QED) is 0.657. The summed E-state index contributed by atoms with van der Waals surface area (Å²) in [6.45, 7) is 5.11. The number of carbonyl (C=O) groups excluding carboxylic acids is 1. The van der Waals surface area contributed by atoms with Crippen LogP contribution in [-0.4, -0.2) is 33.6 Å². The number of halogens is 1. The maximum Gasteiger partial charge on any atom is 0.223 e. The summed E-state index contributed by atoms with van der Waals surface area (Å²) in [5.41, 5.74) is 4.21. The van der Waals surface area contributed by atoms with Gasteiger partial charge in [-0.15, -0.1) is 0 Å². The predicted octanol–water partition coefficient (Wildman–Crippen LogP) is 3.09. The molecule has 1 saturated carbocycles. The van der Waals surface area contributed by atoms with Gasteiger partial charge in [0, 0.05) is 41.9 Å². The predicted molar refractivity (Wildman–Crippen MR) is 102 cm³/mol. The average molecular weight is 367 g/mol. The average Bonchev–Trinajstić information content (AvgIpc) is 3.42. The lowest BCUT2D eigenvalue weighted by Gasteiger charge is -2.13. The number of nitrogens with zero attached hydrogens (tertiary/aromatic N) is 3. The highest BCUT2D eigenvalue weighted by Crippen LogP contribution is 2.28. The molecule has 0 atom stereocenters. The lowest BCUT2D eigenvalue weighted by molar-refractivity contribution is -0.122. The molecule has 7 heteroatoms. The normalized spacial score (nSPS) is 13.7. The van der Waals surface area contributed by atoms with E-state index in [0.717, 1.165) is 46.8 Å². The fraction of sp³-hybridized carbons (Fsp3) is 0.350. The molecule has 4 rings (SSSR count). The number of carbonyl (C=O) groups is 1. The SMILES string of the molecule is Cc1nc2cc(-c3ccc(F)cc3)nn2c(NCCNC(=O)C2CC2)c1C. The van der Waals surface area contributed by atoms with Crippen molar-refractivity contribution in [2.45, 2.75) is 26.7 Å². The Labute approximate surface area is 156 Å². The Morgan fingerprint density at radius 1 is 1.22 bits per heavy atom. The minimum Gasteiger partial charge on any atom is -0.368 e. The van der Waals surface area contributed by atoms with E-state index in [2.05, 4.69) is 20.7 Å². The third-order valence-corrected chi connectivity index (χ3v) is 4.89. The Morgan fingerprint density at radius 3 is 2.67 bits per heavy atom. The van der Waals surface area contributed by atoms with Crippen LogP contribution in [0, 0.1) is 25.6 Å². The molecule has 27 heavy (non-hydrogen) atoms. The van der Waals surface area contributed by atoms with Crippen molar-refractivity contribution in [3.63, 3.8) is 0 Å². The summed E-state index contributed by atoms with van der Waals surface area (Å²) < 4.78 is 15.0. The van der Waals surface area contributed by atoms with Crippen LogP contribution >= 0.6 is 0 Å². The highest BCUT2D eigenvalue weighted by molar-refractivity contribution is 5.80. The fourth-order valence-corrected chi connectivity index (χ4v) is 3.03. The van der Waals surface area contributed by atoms with Gasteiger partial charge < -0.3 is 10.6 Å². The molecule has 0 unspecified atom stereocenters. The second kappa shape index (κ2) is 6.98. The van der Waals surface area contributed by atoms with Gasteiger partial charge in [-0.25, -0.2) is 9.37 Å². The number of amides is 1. The maximum absolute atomic E-state index is 13.2. The molecule has 1 aromatic carbocycles. The van der Waals surface area contributed by atoms with E-state index in [0.29, 0.717) is 13.1 Å². The van der Waals surface area contributed by atoms with Crippen LogP contribution in [-0.2, 0) is 4.79 Å². The van der Waals surface area contributed by atoms with Crippen molar-refractivity contribution in [2.24, 2.45) is 5.92 Å². The molecule has 2 heterocycles. The van der Waals surface area contributed by atoms with Crippen molar-refractivity contribution in [1.29, 1.82) is 0 Å². The van der Waals surface area contributed by atoms with Gasteiger partial charge in [0.25, 0.3) is 0 Å². The minimum absolute atomic E-state index is 0.141. The van der Waals surface area contributed by atoms with Gasteiger partial charge in [-0.2, -0.15) is 9.61 Å². The smallest absolute Gasteiger partial charge is 0.223 e. The summed E-state index contributed by atoms with van der Waals surface area (Å²) in [7, 11) is 0. The van der Waals surface area contributed by atoms with Gasteiger partial charge in [0.15, 0.2) is 5.65 Å². The summed E-state index contributed by atoms with van der Waals surface area (Å²) in [6.07, 6.45) is 2.00.